The van der Waals surface area contributed by atoms with Gasteiger partial charge in [0.05, 0.1) is 10.7 Å². The molecule has 5 rings (SSSR count). The average Bonchev–Trinajstić information content (AvgIpc) is 3.50. The fourth-order valence-electron chi connectivity index (χ4n) is 6.03. The maximum Gasteiger partial charge on any atom is 0.337 e. The van der Waals surface area contributed by atoms with E-state index in [0.717, 1.165) is 66.1 Å². The van der Waals surface area contributed by atoms with Gasteiger partial charge in [-0.1, -0.05) is 79.1 Å². The second-order valence-corrected chi connectivity index (χ2v) is 13.0. The van der Waals surface area contributed by atoms with Crippen molar-refractivity contribution >= 4 is 33.4 Å². The molecule has 3 aromatic carbocycles. The summed E-state index contributed by atoms with van der Waals surface area (Å²) in [7, 11) is 0. The first-order valence-electron chi connectivity index (χ1n) is 16.4. The van der Waals surface area contributed by atoms with E-state index in [1.807, 2.05) is 19.1 Å². The molecule has 1 amide bonds. The summed E-state index contributed by atoms with van der Waals surface area (Å²) in [5, 5.41) is 33.9. The van der Waals surface area contributed by atoms with E-state index in [9.17, 15) is 23.9 Å². The topological polar surface area (TPSA) is 155 Å². The Kier molecular flexibility index (Phi) is 14.1. The molecule has 12 heteroatoms. The minimum absolute atomic E-state index is 0.0100. The number of aromatic hydroxyl groups is 1. The molecule has 0 bridgehead atoms. The van der Waals surface area contributed by atoms with Gasteiger partial charge in [0, 0.05) is 25.7 Å². The van der Waals surface area contributed by atoms with E-state index in [4.69, 9.17) is 10.2 Å². The van der Waals surface area contributed by atoms with Crippen LogP contribution in [0.15, 0.2) is 71.5 Å². The number of amides is 1. The monoisotopic (exact) mass is 680 g/mol. The number of aromatic nitrogens is 1. The van der Waals surface area contributed by atoms with E-state index >= 15 is 0 Å². The van der Waals surface area contributed by atoms with Crippen LogP contribution in [-0.2, 0) is 22.4 Å². The fourth-order valence-corrected chi connectivity index (χ4v) is 6.93. The van der Waals surface area contributed by atoms with Crippen molar-refractivity contribution in [1.82, 2.24) is 20.5 Å². The van der Waals surface area contributed by atoms with Gasteiger partial charge < -0.3 is 30.9 Å². The zero-order valence-corrected chi connectivity index (χ0v) is 28.0. The standard InChI is InChI=1S/C28H37FN4O3S.C8H8O3/c1-19(27(35)31-15-12-20-6-5-7-22(29)18-20)33(23-8-3-2-4-9-23)17-16-30-14-13-21-10-11-24(34)25-26(21)37-28(36)32-25;9-7(8(10)11)6-4-2-1-3-5-6/h5-7,10-11,18-19,23,30,34H,2-4,8-9,12-17H2,1H3,(H,31,35)(H,32,36);1-5,7,9H,(H,10,11)/t19-;7-/m11/s1. The maximum absolute atomic E-state index is 13.4. The number of phenols is 1. The van der Waals surface area contributed by atoms with Crippen LogP contribution in [0.5, 0.6) is 5.75 Å². The number of carbonyl (C=O) groups is 2. The lowest BCUT2D eigenvalue weighted by Gasteiger charge is -2.38. The molecule has 0 spiro atoms. The Morgan fingerprint density at radius 3 is 2.46 bits per heavy atom. The Bertz CT molecular complexity index is 1670. The van der Waals surface area contributed by atoms with Gasteiger partial charge >= 0.3 is 10.8 Å². The highest BCUT2D eigenvalue weighted by Crippen LogP contribution is 2.28. The minimum atomic E-state index is -1.41. The summed E-state index contributed by atoms with van der Waals surface area (Å²) in [6, 6.07) is 18.4. The summed E-state index contributed by atoms with van der Waals surface area (Å²) in [6.07, 6.45) is 5.79. The number of thiazole rings is 1. The van der Waals surface area contributed by atoms with Gasteiger partial charge in [0.2, 0.25) is 5.91 Å². The van der Waals surface area contributed by atoms with Crippen LogP contribution >= 0.6 is 11.3 Å². The molecule has 6 N–H and O–H groups in total. The summed E-state index contributed by atoms with van der Waals surface area (Å²) in [5.74, 6) is -1.38. The third kappa shape index (κ3) is 10.7. The van der Waals surface area contributed by atoms with Gasteiger partial charge in [0.15, 0.2) is 6.10 Å². The Morgan fingerprint density at radius 2 is 1.75 bits per heavy atom. The second-order valence-electron chi connectivity index (χ2n) is 12.0. The first kappa shape index (κ1) is 36.7. The number of carboxylic acids is 1. The number of fused-ring (bicyclic) bond motifs is 1. The lowest BCUT2D eigenvalue weighted by atomic mass is 9.93. The number of halogens is 1. The molecule has 258 valence electrons. The quantitative estimate of drug-likeness (QED) is 0.104. The molecule has 0 unspecified atom stereocenters. The highest BCUT2D eigenvalue weighted by atomic mass is 32.1. The van der Waals surface area contributed by atoms with E-state index in [1.165, 1.54) is 31.4 Å². The number of hydrogen-bond acceptors (Lipinski definition) is 8. The number of H-pyrrole nitrogens is 1. The molecule has 48 heavy (non-hydrogen) atoms. The first-order valence-corrected chi connectivity index (χ1v) is 17.2. The normalized spacial score (nSPS) is 14.7. The van der Waals surface area contributed by atoms with Crippen molar-refractivity contribution in [2.75, 3.05) is 26.2 Å². The molecular formula is C36H45FN4O6S. The van der Waals surface area contributed by atoms with Gasteiger partial charge in [-0.3, -0.25) is 14.5 Å². The third-order valence-electron chi connectivity index (χ3n) is 8.63. The van der Waals surface area contributed by atoms with E-state index < -0.39 is 12.1 Å². The summed E-state index contributed by atoms with van der Waals surface area (Å²) < 4.78 is 14.2. The van der Waals surface area contributed by atoms with Crippen molar-refractivity contribution in [2.24, 2.45) is 0 Å². The Balaban J connectivity index is 0.000000401. The molecule has 1 aliphatic carbocycles. The molecule has 1 saturated carbocycles. The number of carbonyl (C=O) groups excluding carboxylic acids is 1. The second kappa shape index (κ2) is 18.4. The number of aliphatic carboxylic acids is 1. The summed E-state index contributed by atoms with van der Waals surface area (Å²) in [5.41, 5.74) is 2.81. The van der Waals surface area contributed by atoms with Crippen molar-refractivity contribution in [2.45, 2.75) is 70.1 Å². The van der Waals surface area contributed by atoms with E-state index in [-0.39, 0.29) is 28.4 Å². The zero-order valence-electron chi connectivity index (χ0n) is 27.2. The number of aromatic amines is 1. The predicted octanol–water partition coefficient (Wildman–Crippen LogP) is 4.75. The molecule has 1 heterocycles. The van der Waals surface area contributed by atoms with E-state index in [1.54, 1.807) is 42.5 Å². The molecule has 1 aliphatic rings. The lowest BCUT2D eigenvalue weighted by molar-refractivity contribution is -0.147. The zero-order chi connectivity index (χ0) is 34.5. The first-order chi connectivity index (χ1) is 23.1. The molecule has 2 atom stereocenters. The van der Waals surface area contributed by atoms with E-state index in [2.05, 4.69) is 20.5 Å². The van der Waals surface area contributed by atoms with Crippen LogP contribution < -0.4 is 15.5 Å². The van der Waals surface area contributed by atoms with Crippen LogP contribution in [0.3, 0.4) is 0 Å². The van der Waals surface area contributed by atoms with Gasteiger partial charge in [-0.15, -0.1) is 0 Å². The van der Waals surface area contributed by atoms with E-state index in [0.29, 0.717) is 30.1 Å². The van der Waals surface area contributed by atoms with Crippen LogP contribution in [0.4, 0.5) is 4.39 Å². The molecule has 0 aliphatic heterocycles. The van der Waals surface area contributed by atoms with Crippen LogP contribution in [0.25, 0.3) is 10.2 Å². The number of nitrogens with one attached hydrogen (secondary N) is 3. The molecule has 1 aromatic heterocycles. The summed E-state index contributed by atoms with van der Waals surface area (Å²) in [4.78, 5) is 39.9. The average molecular weight is 681 g/mol. The van der Waals surface area contributed by atoms with Gasteiger partial charge in [-0.05, 0) is 74.0 Å². The van der Waals surface area contributed by atoms with Crippen molar-refractivity contribution in [3.8, 4) is 5.75 Å². The Morgan fingerprint density at radius 1 is 1.00 bits per heavy atom. The smallest absolute Gasteiger partial charge is 0.337 e. The highest BCUT2D eigenvalue weighted by Gasteiger charge is 2.28. The number of aliphatic hydroxyl groups excluding tert-OH is 1. The van der Waals surface area contributed by atoms with Crippen LogP contribution in [0.2, 0.25) is 0 Å². The summed E-state index contributed by atoms with van der Waals surface area (Å²) >= 11 is 1.12. The minimum Gasteiger partial charge on any atom is -0.506 e. The lowest BCUT2D eigenvalue weighted by Crippen LogP contribution is -2.52. The number of aliphatic hydroxyl groups is 1. The van der Waals surface area contributed by atoms with Gasteiger partial charge in [0.25, 0.3) is 0 Å². The SMILES string of the molecule is C[C@H](C(=O)NCCc1cccc(F)c1)N(CCNCCc1ccc(O)c2[nH]c(=O)sc12)C1CCCCC1.O=C(O)[C@H](O)c1ccccc1. The van der Waals surface area contributed by atoms with Crippen molar-refractivity contribution < 1.29 is 29.3 Å². The number of benzene rings is 3. The molecule has 0 radical (unpaired) electrons. The summed E-state index contributed by atoms with van der Waals surface area (Å²) in [6.45, 7) is 4.72. The number of hydrogen-bond donors (Lipinski definition) is 6. The number of nitrogens with zero attached hydrogens (tertiary/aromatic N) is 1. The largest absolute Gasteiger partial charge is 0.506 e. The molecule has 10 nitrogen and oxygen atoms in total. The van der Waals surface area contributed by atoms with Crippen LogP contribution in [0, 0.1) is 5.82 Å². The van der Waals surface area contributed by atoms with Crippen molar-refractivity contribution in [3.63, 3.8) is 0 Å². The Labute approximate surface area is 283 Å². The number of rotatable bonds is 14. The van der Waals surface area contributed by atoms with Crippen LogP contribution in [-0.4, -0.2) is 75.3 Å². The predicted molar refractivity (Wildman–Crippen MR) is 186 cm³/mol. The highest BCUT2D eigenvalue weighted by molar-refractivity contribution is 7.16. The maximum atomic E-state index is 13.4. The van der Waals surface area contributed by atoms with Crippen LogP contribution in [0.1, 0.15) is 61.8 Å². The van der Waals surface area contributed by atoms with Gasteiger partial charge in [-0.25, -0.2) is 9.18 Å². The molecule has 0 saturated heterocycles. The van der Waals surface area contributed by atoms with Crippen molar-refractivity contribution in [3.05, 3.63) is 98.9 Å². The molecule has 4 aromatic rings. The van der Waals surface area contributed by atoms with Gasteiger partial charge in [-0.2, -0.15) is 0 Å². The molecular weight excluding hydrogens is 635 g/mol. The number of phenolic OH excluding ortho intramolecular Hbond substituents is 1. The fraction of sp³-hybridized carbons (Fsp3) is 0.417. The number of carboxylic acid groups (broad SMARTS) is 1. The van der Waals surface area contributed by atoms with Crippen molar-refractivity contribution in [1.29, 1.82) is 0 Å². The third-order valence-corrected chi connectivity index (χ3v) is 9.59. The molecule has 1 fully saturated rings. The van der Waals surface area contributed by atoms with Gasteiger partial charge in [0.1, 0.15) is 17.1 Å². The Hall–Kier alpha value is -4.10.